The molecular weight excluding hydrogens is 194 g/mol. The summed E-state index contributed by atoms with van der Waals surface area (Å²) in [6.45, 7) is 5.73. The van der Waals surface area contributed by atoms with Gasteiger partial charge in [0.05, 0.1) is 5.41 Å². The van der Waals surface area contributed by atoms with Gasteiger partial charge in [-0.3, -0.25) is 9.59 Å². The van der Waals surface area contributed by atoms with Gasteiger partial charge in [0.2, 0.25) is 5.91 Å². The monoisotopic (exact) mass is 213 g/mol. The second-order valence-corrected chi connectivity index (χ2v) is 4.76. The van der Waals surface area contributed by atoms with Gasteiger partial charge in [0.1, 0.15) is 0 Å². The first kappa shape index (κ1) is 12.0. The quantitative estimate of drug-likeness (QED) is 0.722. The van der Waals surface area contributed by atoms with Crippen LogP contribution in [0.25, 0.3) is 0 Å². The lowest BCUT2D eigenvalue weighted by molar-refractivity contribution is -0.148. The number of carboxylic acids is 1. The molecule has 0 aliphatic heterocycles. The van der Waals surface area contributed by atoms with Crippen molar-refractivity contribution >= 4 is 11.9 Å². The molecule has 1 amide bonds. The summed E-state index contributed by atoms with van der Waals surface area (Å²) in [7, 11) is 0. The number of amides is 1. The zero-order valence-corrected chi connectivity index (χ0v) is 9.54. The molecule has 4 nitrogen and oxygen atoms in total. The number of hydrogen-bond donors (Lipinski definition) is 2. The first-order valence-corrected chi connectivity index (χ1v) is 5.42. The average molecular weight is 213 g/mol. The standard InChI is InChI=1S/C11H19NO3/c1-4-11(3,10(14)15)6-12-9(13)8-5-7(8)2/h7-8H,4-6H2,1-3H3,(H,12,13)(H,14,15). The fraction of sp³-hybridized carbons (Fsp3) is 0.818. The van der Waals surface area contributed by atoms with Crippen LogP contribution < -0.4 is 5.32 Å². The van der Waals surface area contributed by atoms with Crippen LogP contribution in [-0.4, -0.2) is 23.5 Å². The Morgan fingerprint density at radius 2 is 2.07 bits per heavy atom. The van der Waals surface area contributed by atoms with Crippen molar-refractivity contribution in [2.45, 2.75) is 33.6 Å². The summed E-state index contributed by atoms with van der Waals surface area (Å²) in [4.78, 5) is 22.5. The van der Waals surface area contributed by atoms with Crippen LogP contribution in [0.15, 0.2) is 0 Å². The molecule has 15 heavy (non-hydrogen) atoms. The molecule has 1 fully saturated rings. The lowest BCUT2D eigenvalue weighted by atomic mass is 9.87. The molecule has 0 aromatic rings. The number of hydrogen-bond acceptors (Lipinski definition) is 2. The maximum Gasteiger partial charge on any atom is 0.311 e. The minimum Gasteiger partial charge on any atom is -0.481 e. The molecule has 0 heterocycles. The van der Waals surface area contributed by atoms with Gasteiger partial charge in [0, 0.05) is 12.5 Å². The molecule has 0 spiro atoms. The summed E-state index contributed by atoms with van der Waals surface area (Å²) < 4.78 is 0. The van der Waals surface area contributed by atoms with Gasteiger partial charge in [-0.05, 0) is 25.7 Å². The van der Waals surface area contributed by atoms with Crippen LogP contribution in [0.5, 0.6) is 0 Å². The first-order valence-electron chi connectivity index (χ1n) is 5.42. The van der Waals surface area contributed by atoms with Gasteiger partial charge in [0.25, 0.3) is 0 Å². The Kier molecular flexibility index (Phi) is 3.37. The number of nitrogens with one attached hydrogen (secondary N) is 1. The highest BCUT2D eigenvalue weighted by Crippen LogP contribution is 2.37. The average Bonchev–Trinajstić information content (AvgIpc) is 2.91. The molecule has 0 radical (unpaired) electrons. The number of carbonyl (C=O) groups is 2. The molecule has 3 atom stereocenters. The number of carbonyl (C=O) groups excluding carboxylic acids is 1. The minimum atomic E-state index is -0.853. The lowest BCUT2D eigenvalue weighted by Crippen LogP contribution is -2.41. The Bertz CT molecular complexity index is 277. The molecule has 0 bridgehead atoms. The largest absolute Gasteiger partial charge is 0.481 e. The molecule has 0 aromatic heterocycles. The Morgan fingerprint density at radius 1 is 1.53 bits per heavy atom. The van der Waals surface area contributed by atoms with Crippen molar-refractivity contribution in [1.82, 2.24) is 5.32 Å². The van der Waals surface area contributed by atoms with E-state index in [0.29, 0.717) is 12.3 Å². The topological polar surface area (TPSA) is 66.4 Å². The fourth-order valence-corrected chi connectivity index (χ4v) is 1.45. The van der Waals surface area contributed by atoms with Crippen molar-refractivity contribution in [2.75, 3.05) is 6.54 Å². The van der Waals surface area contributed by atoms with E-state index in [4.69, 9.17) is 5.11 Å². The molecule has 2 N–H and O–H groups in total. The van der Waals surface area contributed by atoms with Crippen molar-refractivity contribution < 1.29 is 14.7 Å². The highest BCUT2D eigenvalue weighted by Gasteiger charge is 2.40. The van der Waals surface area contributed by atoms with E-state index < -0.39 is 11.4 Å². The van der Waals surface area contributed by atoms with Crippen molar-refractivity contribution in [3.05, 3.63) is 0 Å². The molecule has 1 rings (SSSR count). The van der Waals surface area contributed by atoms with E-state index in [-0.39, 0.29) is 18.4 Å². The lowest BCUT2D eigenvalue weighted by Gasteiger charge is -2.23. The van der Waals surface area contributed by atoms with Crippen LogP contribution in [0.2, 0.25) is 0 Å². The molecule has 0 aromatic carbocycles. The molecule has 4 heteroatoms. The minimum absolute atomic E-state index is 0.00317. The maximum absolute atomic E-state index is 11.5. The number of rotatable bonds is 5. The Labute approximate surface area is 90.0 Å². The normalized spacial score (nSPS) is 27.9. The van der Waals surface area contributed by atoms with E-state index >= 15 is 0 Å². The Morgan fingerprint density at radius 3 is 2.40 bits per heavy atom. The van der Waals surface area contributed by atoms with E-state index in [1.54, 1.807) is 6.92 Å². The summed E-state index contributed by atoms with van der Waals surface area (Å²) in [5.74, 6) is -0.278. The van der Waals surface area contributed by atoms with E-state index in [1.807, 2.05) is 13.8 Å². The van der Waals surface area contributed by atoms with Crippen LogP contribution in [0.4, 0.5) is 0 Å². The highest BCUT2D eigenvalue weighted by atomic mass is 16.4. The van der Waals surface area contributed by atoms with Crippen molar-refractivity contribution in [1.29, 1.82) is 0 Å². The molecule has 1 aliphatic carbocycles. The van der Waals surface area contributed by atoms with E-state index in [9.17, 15) is 9.59 Å². The predicted molar refractivity (Wildman–Crippen MR) is 56.3 cm³/mol. The summed E-state index contributed by atoms with van der Waals surface area (Å²) >= 11 is 0. The zero-order chi connectivity index (χ0) is 11.6. The Hall–Kier alpha value is -1.06. The summed E-state index contributed by atoms with van der Waals surface area (Å²) in [5.41, 5.74) is -0.839. The highest BCUT2D eigenvalue weighted by molar-refractivity contribution is 5.82. The van der Waals surface area contributed by atoms with Gasteiger partial charge in [-0.25, -0.2) is 0 Å². The number of carboxylic acid groups (broad SMARTS) is 1. The summed E-state index contributed by atoms with van der Waals surface area (Å²) in [5, 5.41) is 11.7. The van der Waals surface area contributed by atoms with Crippen LogP contribution >= 0.6 is 0 Å². The summed E-state index contributed by atoms with van der Waals surface area (Å²) in [6, 6.07) is 0. The molecule has 1 aliphatic rings. The van der Waals surface area contributed by atoms with Gasteiger partial charge < -0.3 is 10.4 Å². The molecular formula is C11H19NO3. The van der Waals surface area contributed by atoms with Crippen molar-refractivity contribution in [2.24, 2.45) is 17.3 Å². The van der Waals surface area contributed by atoms with Crippen LogP contribution in [-0.2, 0) is 9.59 Å². The maximum atomic E-state index is 11.5. The fourth-order valence-electron chi connectivity index (χ4n) is 1.45. The van der Waals surface area contributed by atoms with Crippen molar-refractivity contribution in [3.63, 3.8) is 0 Å². The smallest absolute Gasteiger partial charge is 0.311 e. The van der Waals surface area contributed by atoms with Crippen LogP contribution in [0, 0.1) is 17.3 Å². The third kappa shape index (κ3) is 2.70. The van der Waals surface area contributed by atoms with E-state index in [0.717, 1.165) is 6.42 Å². The van der Waals surface area contributed by atoms with Crippen LogP contribution in [0.3, 0.4) is 0 Å². The van der Waals surface area contributed by atoms with Gasteiger partial charge in [-0.15, -0.1) is 0 Å². The third-order valence-electron chi connectivity index (χ3n) is 3.40. The second kappa shape index (κ2) is 4.21. The van der Waals surface area contributed by atoms with Gasteiger partial charge in [-0.2, -0.15) is 0 Å². The van der Waals surface area contributed by atoms with Gasteiger partial charge in [0.15, 0.2) is 0 Å². The third-order valence-corrected chi connectivity index (χ3v) is 3.40. The van der Waals surface area contributed by atoms with Gasteiger partial charge in [-0.1, -0.05) is 13.8 Å². The number of aliphatic carboxylic acids is 1. The molecule has 1 saturated carbocycles. The first-order chi connectivity index (χ1) is 6.90. The van der Waals surface area contributed by atoms with E-state index in [1.165, 1.54) is 0 Å². The SMILES string of the molecule is CCC(C)(CNC(=O)C1CC1C)C(=O)O. The zero-order valence-electron chi connectivity index (χ0n) is 9.54. The second-order valence-electron chi connectivity index (χ2n) is 4.76. The molecule has 3 unspecified atom stereocenters. The van der Waals surface area contributed by atoms with Crippen molar-refractivity contribution in [3.8, 4) is 0 Å². The van der Waals surface area contributed by atoms with E-state index in [2.05, 4.69) is 5.32 Å². The molecule has 0 saturated heterocycles. The summed E-state index contributed by atoms with van der Waals surface area (Å²) in [6.07, 6.45) is 1.45. The van der Waals surface area contributed by atoms with Crippen LogP contribution in [0.1, 0.15) is 33.6 Å². The molecule has 86 valence electrons. The predicted octanol–water partition coefficient (Wildman–Crippen LogP) is 1.26. The Balaban J connectivity index is 2.41. The van der Waals surface area contributed by atoms with Gasteiger partial charge >= 0.3 is 5.97 Å².